The molecule has 0 atom stereocenters. The van der Waals surface area contributed by atoms with Gasteiger partial charge < -0.3 is 10.2 Å². The van der Waals surface area contributed by atoms with Crippen LogP contribution in [0.4, 0.5) is 0 Å². The van der Waals surface area contributed by atoms with E-state index in [0.717, 1.165) is 43.4 Å². The van der Waals surface area contributed by atoms with Crippen LogP contribution in [0.5, 0.6) is 0 Å². The molecule has 3 rings (SSSR count). The van der Waals surface area contributed by atoms with Crippen LogP contribution in [0.25, 0.3) is 0 Å². The third-order valence-corrected chi connectivity index (χ3v) is 7.27. The molecular weight excluding hydrogens is 348 g/mol. The van der Waals surface area contributed by atoms with Crippen LogP contribution in [0, 0.1) is 0 Å². The fourth-order valence-corrected chi connectivity index (χ4v) is 5.82. The normalized spacial score (nSPS) is 16.5. The molecule has 2 aromatic heterocycles. The molecule has 24 heavy (non-hydrogen) atoms. The summed E-state index contributed by atoms with van der Waals surface area (Å²) in [4.78, 5) is 11.6. The second-order valence-electron chi connectivity index (χ2n) is 5.93. The topological polar surface area (TPSA) is 93.6 Å². The first kappa shape index (κ1) is 17.2. The van der Waals surface area contributed by atoms with Crippen molar-refractivity contribution in [2.24, 2.45) is 5.73 Å². The Kier molecular flexibility index (Phi) is 5.07. The predicted molar refractivity (Wildman–Crippen MR) is 91.1 cm³/mol. The van der Waals surface area contributed by atoms with Gasteiger partial charge in [-0.3, -0.25) is 4.79 Å². The van der Waals surface area contributed by atoms with Crippen molar-refractivity contribution >= 4 is 27.3 Å². The molecule has 0 aliphatic heterocycles. The molecule has 0 unspecified atom stereocenters. The van der Waals surface area contributed by atoms with E-state index in [1.54, 1.807) is 12.1 Å². The molecule has 1 saturated carbocycles. The summed E-state index contributed by atoms with van der Waals surface area (Å²) in [6, 6.07) is 4.83. The summed E-state index contributed by atoms with van der Waals surface area (Å²) in [6.07, 6.45) is 6.39. The number of hydrogen-bond donors (Lipinski definition) is 1. The van der Waals surface area contributed by atoms with Gasteiger partial charge in [-0.1, -0.05) is 19.3 Å². The lowest BCUT2D eigenvalue weighted by molar-refractivity contribution is 0.100. The zero-order valence-corrected chi connectivity index (χ0v) is 14.8. The molecule has 0 aromatic carbocycles. The maximum absolute atomic E-state index is 13.1. The Labute approximate surface area is 145 Å². The molecule has 2 aromatic rings. The zero-order chi connectivity index (χ0) is 17.2. The van der Waals surface area contributed by atoms with E-state index in [4.69, 9.17) is 10.2 Å². The first-order valence-electron chi connectivity index (χ1n) is 7.91. The van der Waals surface area contributed by atoms with E-state index in [9.17, 15) is 13.2 Å². The number of sulfonamides is 1. The number of furan rings is 1. The van der Waals surface area contributed by atoms with Gasteiger partial charge >= 0.3 is 0 Å². The molecular formula is C16H20N2O4S2. The second kappa shape index (κ2) is 7.08. The van der Waals surface area contributed by atoms with Gasteiger partial charge in [-0.25, -0.2) is 8.42 Å². The lowest BCUT2D eigenvalue weighted by atomic mass is 9.95. The lowest BCUT2D eigenvalue weighted by Crippen LogP contribution is -2.40. The molecule has 0 radical (unpaired) electrons. The van der Waals surface area contributed by atoms with Crippen LogP contribution >= 0.6 is 11.3 Å². The fourth-order valence-electron chi connectivity index (χ4n) is 3.05. The fraction of sp³-hybridized carbons (Fsp3) is 0.438. The molecule has 1 fully saturated rings. The van der Waals surface area contributed by atoms with Gasteiger partial charge in [0.25, 0.3) is 5.91 Å². The van der Waals surface area contributed by atoms with Gasteiger partial charge in [0, 0.05) is 11.4 Å². The average Bonchev–Trinajstić information content (AvgIpc) is 3.25. The summed E-state index contributed by atoms with van der Waals surface area (Å²) in [5.74, 6) is -0.00814. The first-order chi connectivity index (χ1) is 11.5. The third kappa shape index (κ3) is 3.55. The monoisotopic (exact) mass is 368 g/mol. The van der Waals surface area contributed by atoms with Gasteiger partial charge in [-0.2, -0.15) is 4.31 Å². The van der Waals surface area contributed by atoms with Crippen LogP contribution in [-0.2, 0) is 16.6 Å². The Balaban J connectivity index is 1.93. The van der Waals surface area contributed by atoms with Crippen LogP contribution in [0.1, 0.15) is 47.5 Å². The molecule has 1 aliphatic rings. The van der Waals surface area contributed by atoms with E-state index in [0.29, 0.717) is 5.76 Å². The van der Waals surface area contributed by atoms with E-state index in [2.05, 4.69) is 0 Å². The maximum atomic E-state index is 13.1. The van der Waals surface area contributed by atoms with Crippen LogP contribution in [0.2, 0.25) is 0 Å². The minimum atomic E-state index is -3.71. The number of nitrogens with zero attached hydrogens (tertiary/aromatic N) is 1. The second-order valence-corrected chi connectivity index (χ2v) is 8.73. The van der Waals surface area contributed by atoms with E-state index in [1.165, 1.54) is 22.0 Å². The number of carbonyl (C=O) groups is 1. The van der Waals surface area contributed by atoms with E-state index in [-0.39, 0.29) is 22.4 Å². The highest BCUT2D eigenvalue weighted by Crippen LogP contribution is 2.31. The van der Waals surface area contributed by atoms with Crippen molar-refractivity contribution in [2.75, 3.05) is 0 Å². The average molecular weight is 368 g/mol. The molecule has 8 heteroatoms. The largest absolute Gasteiger partial charge is 0.468 e. The molecule has 0 bridgehead atoms. The molecule has 0 saturated heterocycles. The Hall–Kier alpha value is -1.64. The summed E-state index contributed by atoms with van der Waals surface area (Å²) < 4.78 is 33.1. The Morgan fingerprint density at radius 1 is 1.33 bits per heavy atom. The van der Waals surface area contributed by atoms with Crippen molar-refractivity contribution in [1.82, 2.24) is 4.31 Å². The van der Waals surface area contributed by atoms with Gasteiger partial charge in [0.15, 0.2) is 0 Å². The zero-order valence-electron chi connectivity index (χ0n) is 13.2. The molecule has 1 aliphatic carbocycles. The molecule has 0 spiro atoms. The summed E-state index contributed by atoms with van der Waals surface area (Å²) in [5.41, 5.74) is 5.25. The van der Waals surface area contributed by atoms with E-state index >= 15 is 0 Å². The van der Waals surface area contributed by atoms with Crippen LogP contribution in [0.15, 0.2) is 39.2 Å². The Morgan fingerprint density at radius 3 is 2.67 bits per heavy atom. The number of hydrogen-bond acceptors (Lipinski definition) is 5. The molecule has 6 nitrogen and oxygen atoms in total. The summed E-state index contributed by atoms with van der Waals surface area (Å²) in [5, 5.41) is 1.48. The highest BCUT2D eigenvalue weighted by molar-refractivity contribution is 7.89. The Morgan fingerprint density at radius 2 is 2.08 bits per heavy atom. The number of thiophene rings is 1. The van der Waals surface area contributed by atoms with Gasteiger partial charge in [0.1, 0.15) is 5.76 Å². The van der Waals surface area contributed by atoms with Crippen molar-refractivity contribution in [3.63, 3.8) is 0 Å². The molecule has 1 amide bonds. The van der Waals surface area contributed by atoms with Crippen LogP contribution in [0.3, 0.4) is 0 Å². The van der Waals surface area contributed by atoms with Gasteiger partial charge in [-0.15, -0.1) is 11.3 Å². The summed E-state index contributed by atoms with van der Waals surface area (Å²) >= 11 is 1.05. The lowest BCUT2D eigenvalue weighted by Gasteiger charge is -2.32. The number of nitrogens with two attached hydrogens (primary N) is 1. The molecule has 130 valence electrons. The summed E-state index contributed by atoms with van der Waals surface area (Å²) in [7, 11) is -3.71. The third-order valence-electron chi connectivity index (χ3n) is 4.30. The smallest absolute Gasteiger partial charge is 0.258 e. The van der Waals surface area contributed by atoms with E-state index < -0.39 is 15.9 Å². The predicted octanol–water partition coefficient (Wildman–Crippen LogP) is 2.96. The first-order valence-corrected chi connectivity index (χ1v) is 10.2. The number of primary amides is 1. The molecule has 2 N–H and O–H groups in total. The number of carbonyl (C=O) groups excluding carboxylic acids is 1. The SMILES string of the molecule is NC(=O)c1cc(S(=O)(=O)N(Cc2ccco2)C2CCCCC2)cs1. The van der Waals surface area contributed by atoms with Gasteiger partial charge in [-0.05, 0) is 31.0 Å². The van der Waals surface area contributed by atoms with Crippen molar-refractivity contribution < 1.29 is 17.6 Å². The van der Waals surface area contributed by atoms with E-state index in [1.807, 2.05) is 0 Å². The van der Waals surface area contributed by atoms with Crippen molar-refractivity contribution in [2.45, 2.75) is 49.6 Å². The van der Waals surface area contributed by atoms with Crippen molar-refractivity contribution in [3.05, 3.63) is 40.5 Å². The number of amides is 1. The highest BCUT2D eigenvalue weighted by atomic mass is 32.2. The highest BCUT2D eigenvalue weighted by Gasteiger charge is 2.34. The van der Waals surface area contributed by atoms with Crippen LogP contribution < -0.4 is 5.73 Å². The quantitative estimate of drug-likeness (QED) is 0.848. The van der Waals surface area contributed by atoms with Crippen LogP contribution in [-0.4, -0.2) is 24.7 Å². The van der Waals surface area contributed by atoms with Crippen molar-refractivity contribution in [3.8, 4) is 0 Å². The standard InChI is InChI=1S/C16H20N2O4S2/c17-16(19)15-9-14(11-23-15)24(20,21)18(10-13-7-4-8-22-13)12-5-2-1-3-6-12/h4,7-9,11-12H,1-3,5-6,10H2,(H2,17,19). The minimum Gasteiger partial charge on any atom is -0.468 e. The van der Waals surface area contributed by atoms with Crippen molar-refractivity contribution in [1.29, 1.82) is 0 Å². The molecule has 2 heterocycles. The van der Waals surface area contributed by atoms with Gasteiger partial charge in [0.2, 0.25) is 10.0 Å². The van der Waals surface area contributed by atoms with Gasteiger partial charge in [0.05, 0.1) is 22.6 Å². The Bertz CT molecular complexity index is 790. The number of rotatable bonds is 6. The maximum Gasteiger partial charge on any atom is 0.258 e. The minimum absolute atomic E-state index is 0.0502. The summed E-state index contributed by atoms with van der Waals surface area (Å²) in [6.45, 7) is 0.196.